The fourth-order valence-electron chi connectivity index (χ4n) is 3.27. The molecule has 0 aliphatic carbocycles. The maximum atomic E-state index is 9.78. The molecule has 2 N–H and O–H groups in total. The summed E-state index contributed by atoms with van der Waals surface area (Å²) in [5, 5.41) is 18.6. The third-order valence-electron chi connectivity index (χ3n) is 4.32. The molecule has 1 fully saturated rings. The smallest absolute Gasteiger partial charge is 0.119 e. The van der Waals surface area contributed by atoms with Gasteiger partial charge >= 0.3 is 0 Å². The number of hydrogen-bond donors (Lipinski definition) is 2. The van der Waals surface area contributed by atoms with E-state index in [4.69, 9.17) is 9.84 Å². The van der Waals surface area contributed by atoms with E-state index in [2.05, 4.69) is 17.5 Å². The average Bonchev–Trinajstić information content (AvgIpc) is 2.54. The summed E-state index contributed by atoms with van der Waals surface area (Å²) in [6.45, 7) is 7.20. The van der Waals surface area contributed by atoms with Crippen LogP contribution in [0, 0.1) is 5.41 Å². The molecule has 2 rings (SSSR count). The highest BCUT2D eigenvalue weighted by molar-refractivity contribution is 5.28. The first-order valence-corrected chi connectivity index (χ1v) is 7.98. The largest absolute Gasteiger partial charge is 0.491 e. The van der Waals surface area contributed by atoms with Crippen LogP contribution in [0.1, 0.15) is 24.8 Å². The quantitative estimate of drug-likeness (QED) is 0.723. The Morgan fingerprint density at radius 1 is 1.36 bits per heavy atom. The number of benzene rings is 1. The standard InChI is InChI=1S/C18H27NO3/c1-2-7-18(15-21)8-4-9-19(14-18)13-16-5-3-6-17(12-16)22-11-10-20/h2-3,5-6,12,20-21H,1,4,7-11,13-15H2/t18-/m0/s1. The number of piperidine rings is 1. The van der Waals surface area contributed by atoms with Crippen molar-refractivity contribution in [3.05, 3.63) is 42.5 Å². The lowest BCUT2D eigenvalue weighted by Crippen LogP contribution is -2.44. The SMILES string of the molecule is C=CC[C@]1(CO)CCCN(Cc2cccc(OCCO)c2)C1. The number of likely N-dealkylation sites (tertiary alicyclic amines) is 1. The number of nitrogens with zero attached hydrogens (tertiary/aromatic N) is 1. The number of allylic oxidation sites excluding steroid dienone is 1. The third kappa shape index (κ3) is 4.57. The molecule has 22 heavy (non-hydrogen) atoms. The Labute approximate surface area is 133 Å². The minimum atomic E-state index is -0.0367. The highest BCUT2D eigenvalue weighted by Crippen LogP contribution is 2.34. The van der Waals surface area contributed by atoms with Gasteiger partial charge in [0, 0.05) is 18.5 Å². The van der Waals surface area contributed by atoms with Crippen LogP contribution in [0.2, 0.25) is 0 Å². The summed E-state index contributed by atoms with van der Waals surface area (Å²) in [6, 6.07) is 8.01. The van der Waals surface area contributed by atoms with Crippen molar-refractivity contribution >= 4 is 0 Å². The van der Waals surface area contributed by atoms with E-state index < -0.39 is 0 Å². The highest BCUT2D eigenvalue weighted by Gasteiger charge is 2.33. The molecule has 4 nitrogen and oxygen atoms in total. The Kier molecular flexibility index (Phi) is 6.43. The van der Waals surface area contributed by atoms with Crippen LogP contribution in [-0.4, -0.2) is 48.0 Å². The van der Waals surface area contributed by atoms with Gasteiger partial charge in [-0.05, 0) is 43.5 Å². The Balaban J connectivity index is 1.99. The molecule has 0 bridgehead atoms. The summed E-state index contributed by atoms with van der Waals surface area (Å²) in [6.07, 6.45) is 4.95. The van der Waals surface area contributed by atoms with Crippen LogP contribution >= 0.6 is 0 Å². The zero-order valence-corrected chi connectivity index (χ0v) is 13.2. The average molecular weight is 305 g/mol. The van der Waals surface area contributed by atoms with Gasteiger partial charge < -0.3 is 14.9 Å². The molecule has 0 amide bonds. The fourth-order valence-corrected chi connectivity index (χ4v) is 3.27. The summed E-state index contributed by atoms with van der Waals surface area (Å²) >= 11 is 0. The molecule has 1 aromatic rings. The Morgan fingerprint density at radius 2 is 2.23 bits per heavy atom. The van der Waals surface area contributed by atoms with Crippen molar-refractivity contribution in [3.8, 4) is 5.75 Å². The molecular formula is C18H27NO3. The lowest BCUT2D eigenvalue weighted by Gasteiger charge is -2.41. The van der Waals surface area contributed by atoms with E-state index in [1.54, 1.807) is 0 Å². The van der Waals surface area contributed by atoms with Gasteiger partial charge in [0.05, 0.1) is 13.2 Å². The second-order valence-corrected chi connectivity index (χ2v) is 6.18. The molecule has 1 heterocycles. The van der Waals surface area contributed by atoms with Crippen LogP contribution < -0.4 is 4.74 Å². The first-order chi connectivity index (χ1) is 10.7. The van der Waals surface area contributed by atoms with Crippen molar-refractivity contribution in [2.45, 2.75) is 25.8 Å². The van der Waals surface area contributed by atoms with Crippen LogP contribution in [0.25, 0.3) is 0 Å². The maximum absolute atomic E-state index is 9.78. The van der Waals surface area contributed by atoms with E-state index in [1.165, 1.54) is 5.56 Å². The second-order valence-electron chi connectivity index (χ2n) is 6.18. The minimum Gasteiger partial charge on any atom is -0.491 e. The van der Waals surface area contributed by atoms with Gasteiger partial charge in [-0.15, -0.1) is 6.58 Å². The normalized spacial score (nSPS) is 22.5. The molecule has 0 spiro atoms. The first kappa shape index (κ1) is 17.0. The van der Waals surface area contributed by atoms with Gasteiger partial charge in [0.2, 0.25) is 0 Å². The van der Waals surface area contributed by atoms with Crippen LogP contribution in [0.5, 0.6) is 5.75 Å². The summed E-state index contributed by atoms with van der Waals surface area (Å²) in [5.41, 5.74) is 1.16. The van der Waals surface area contributed by atoms with Gasteiger partial charge in [-0.1, -0.05) is 18.2 Å². The van der Waals surface area contributed by atoms with Crippen LogP contribution in [-0.2, 0) is 6.54 Å². The highest BCUT2D eigenvalue weighted by atomic mass is 16.5. The van der Waals surface area contributed by atoms with Crippen molar-refractivity contribution in [2.24, 2.45) is 5.41 Å². The Hall–Kier alpha value is -1.36. The van der Waals surface area contributed by atoms with E-state index in [0.29, 0.717) is 6.61 Å². The zero-order chi connectivity index (χ0) is 15.8. The summed E-state index contributed by atoms with van der Waals surface area (Å²) in [7, 11) is 0. The molecule has 1 aliphatic rings. The molecule has 1 aromatic carbocycles. The monoisotopic (exact) mass is 305 g/mol. The first-order valence-electron chi connectivity index (χ1n) is 7.98. The Morgan fingerprint density at radius 3 is 2.95 bits per heavy atom. The molecule has 0 saturated carbocycles. The van der Waals surface area contributed by atoms with Gasteiger partial charge in [-0.3, -0.25) is 4.90 Å². The number of rotatable bonds is 8. The van der Waals surface area contributed by atoms with E-state index in [0.717, 1.165) is 44.6 Å². The number of aliphatic hydroxyl groups is 2. The van der Waals surface area contributed by atoms with E-state index in [-0.39, 0.29) is 18.6 Å². The van der Waals surface area contributed by atoms with E-state index in [9.17, 15) is 5.11 Å². The fraction of sp³-hybridized carbons (Fsp3) is 0.556. The summed E-state index contributed by atoms with van der Waals surface area (Å²) < 4.78 is 5.46. The molecule has 1 atom stereocenters. The predicted molar refractivity (Wildman–Crippen MR) is 87.9 cm³/mol. The minimum absolute atomic E-state index is 0.0247. The number of aliphatic hydroxyl groups excluding tert-OH is 2. The van der Waals surface area contributed by atoms with Gasteiger partial charge in [0.1, 0.15) is 12.4 Å². The molecule has 4 heteroatoms. The van der Waals surface area contributed by atoms with Gasteiger partial charge in [0.25, 0.3) is 0 Å². The predicted octanol–water partition coefficient (Wildman–Crippen LogP) is 2.21. The molecule has 0 aromatic heterocycles. The van der Waals surface area contributed by atoms with Gasteiger partial charge in [-0.25, -0.2) is 0 Å². The van der Waals surface area contributed by atoms with Crippen LogP contribution in [0.4, 0.5) is 0 Å². The maximum Gasteiger partial charge on any atom is 0.119 e. The van der Waals surface area contributed by atoms with Crippen molar-refractivity contribution in [3.63, 3.8) is 0 Å². The summed E-state index contributed by atoms with van der Waals surface area (Å²) in [5.74, 6) is 0.795. The third-order valence-corrected chi connectivity index (χ3v) is 4.32. The molecule has 1 saturated heterocycles. The van der Waals surface area contributed by atoms with Crippen LogP contribution in [0.15, 0.2) is 36.9 Å². The van der Waals surface area contributed by atoms with E-state index >= 15 is 0 Å². The second kappa shape index (κ2) is 8.32. The lowest BCUT2D eigenvalue weighted by molar-refractivity contribution is 0.0309. The van der Waals surface area contributed by atoms with Gasteiger partial charge in [0.15, 0.2) is 0 Å². The lowest BCUT2D eigenvalue weighted by atomic mass is 9.78. The van der Waals surface area contributed by atoms with Gasteiger partial charge in [-0.2, -0.15) is 0 Å². The number of hydrogen-bond acceptors (Lipinski definition) is 4. The molecule has 1 aliphatic heterocycles. The molecule has 0 unspecified atom stereocenters. The van der Waals surface area contributed by atoms with Crippen molar-refractivity contribution in [1.29, 1.82) is 0 Å². The Bertz CT molecular complexity index is 477. The van der Waals surface area contributed by atoms with Crippen molar-refractivity contribution in [1.82, 2.24) is 4.90 Å². The molecule has 0 radical (unpaired) electrons. The molecule has 122 valence electrons. The topological polar surface area (TPSA) is 52.9 Å². The van der Waals surface area contributed by atoms with Crippen molar-refractivity contribution in [2.75, 3.05) is 32.9 Å². The zero-order valence-electron chi connectivity index (χ0n) is 13.2. The van der Waals surface area contributed by atoms with Crippen molar-refractivity contribution < 1.29 is 14.9 Å². The number of ether oxygens (including phenoxy) is 1. The summed E-state index contributed by atoms with van der Waals surface area (Å²) in [4.78, 5) is 2.40. The molecular weight excluding hydrogens is 278 g/mol. The van der Waals surface area contributed by atoms with Crippen LogP contribution in [0.3, 0.4) is 0 Å². The van der Waals surface area contributed by atoms with E-state index in [1.807, 2.05) is 24.3 Å².